The number of carbonyl (C=O) groups is 1. The summed E-state index contributed by atoms with van der Waals surface area (Å²) >= 11 is 0. The van der Waals surface area contributed by atoms with E-state index in [1.54, 1.807) is 12.1 Å². The molecule has 0 aliphatic carbocycles. The fourth-order valence-corrected chi connectivity index (χ4v) is 4.19. The molecule has 2 aromatic carbocycles. The number of anilines is 3. The molecular formula is C25H33N2O2-. The van der Waals surface area contributed by atoms with Crippen LogP contribution in [0.4, 0.5) is 17.1 Å². The van der Waals surface area contributed by atoms with E-state index in [1.165, 1.54) is 11.3 Å². The normalized spacial score (nSPS) is 15.5. The number of hydrogen-bond donors (Lipinski definition) is 0. The topological polar surface area (TPSA) is 46.6 Å². The molecule has 4 heteroatoms. The van der Waals surface area contributed by atoms with Crippen LogP contribution in [0.3, 0.4) is 0 Å². The Morgan fingerprint density at radius 3 is 2.24 bits per heavy atom. The zero-order valence-corrected chi connectivity index (χ0v) is 18.5. The molecule has 156 valence electrons. The van der Waals surface area contributed by atoms with Crippen LogP contribution >= 0.6 is 0 Å². The second-order valence-corrected chi connectivity index (χ2v) is 9.46. The average molecular weight is 394 g/mol. The van der Waals surface area contributed by atoms with Crippen LogP contribution in [0, 0.1) is 5.92 Å². The molecule has 0 amide bonds. The van der Waals surface area contributed by atoms with Crippen LogP contribution in [0.25, 0.3) is 0 Å². The van der Waals surface area contributed by atoms with Crippen LogP contribution in [0.1, 0.15) is 63.9 Å². The van der Waals surface area contributed by atoms with Gasteiger partial charge in [0.2, 0.25) is 0 Å². The SMILES string of the molecule is CC(C)CN(c1ccc(C(=O)[O-])cc1)c1ccc2c(c1)N(C(C)C)CCC2(C)C. The second kappa shape index (κ2) is 8.10. The molecule has 0 fully saturated rings. The van der Waals surface area contributed by atoms with Gasteiger partial charge < -0.3 is 19.7 Å². The summed E-state index contributed by atoms with van der Waals surface area (Å²) in [7, 11) is 0. The Bertz CT molecular complexity index is 869. The number of aromatic carboxylic acids is 1. The quantitative estimate of drug-likeness (QED) is 0.711. The van der Waals surface area contributed by atoms with Gasteiger partial charge in [-0.05, 0) is 67.0 Å². The molecule has 0 N–H and O–H groups in total. The van der Waals surface area contributed by atoms with Crippen LogP contribution in [-0.2, 0) is 5.41 Å². The molecule has 1 aliphatic rings. The number of carboxylic acids is 1. The minimum absolute atomic E-state index is 0.165. The van der Waals surface area contributed by atoms with Crippen LogP contribution in [0.5, 0.6) is 0 Å². The number of benzene rings is 2. The third-order valence-corrected chi connectivity index (χ3v) is 5.90. The van der Waals surface area contributed by atoms with E-state index in [0.717, 1.165) is 30.9 Å². The first-order valence-corrected chi connectivity index (χ1v) is 10.6. The molecular weight excluding hydrogens is 360 g/mol. The maximum Gasteiger partial charge on any atom is 0.0715 e. The molecule has 0 unspecified atom stereocenters. The van der Waals surface area contributed by atoms with Crippen molar-refractivity contribution in [1.29, 1.82) is 0 Å². The Morgan fingerprint density at radius 2 is 1.69 bits per heavy atom. The lowest BCUT2D eigenvalue weighted by molar-refractivity contribution is -0.255. The highest BCUT2D eigenvalue weighted by Crippen LogP contribution is 2.43. The fraction of sp³-hybridized carbons (Fsp3) is 0.480. The van der Waals surface area contributed by atoms with E-state index in [-0.39, 0.29) is 11.0 Å². The van der Waals surface area contributed by atoms with Crippen LogP contribution in [-0.4, -0.2) is 25.1 Å². The number of carbonyl (C=O) groups excluding carboxylic acids is 1. The third-order valence-electron chi connectivity index (χ3n) is 5.90. The molecule has 0 saturated heterocycles. The van der Waals surface area contributed by atoms with Crippen LogP contribution in [0.15, 0.2) is 42.5 Å². The number of rotatable bonds is 6. The van der Waals surface area contributed by atoms with Crippen molar-refractivity contribution < 1.29 is 9.90 Å². The Morgan fingerprint density at radius 1 is 1.07 bits per heavy atom. The predicted molar refractivity (Wildman–Crippen MR) is 119 cm³/mol. The lowest BCUT2D eigenvalue weighted by Crippen LogP contribution is -2.41. The van der Waals surface area contributed by atoms with Gasteiger partial charge in [-0.2, -0.15) is 0 Å². The van der Waals surface area contributed by atoms with E-state index in [1.807, 2.05) is 12.1 Å². The Kier molecular flexibility index (Phi) is 5.92. The zero-order chi connectivity index (χ0) is 21.3. The van der Waals surface area contributed by atoms with Gasteiger partial charge in [0.15, 0.2) is 0 Å². The highest BCUT2D eigenvalue weighted by molar-refractivity contribution is 5.86. The van der Waals surface area contributed by atoms with Crippen molar-refractivity contribution in [2.45, 2.75) is 59.4 Å². The summed E-state index contributed by atoms with van der Waals surface area (Å²) in [4.78, 5) is 15.9. The molecule has 4 nitrogen and oxygen atoms in total. The van der Waals surface area contributed by atoms with Gasteiger partial charge in [-0.1, -0.05) is 45.9 Å². The summed E-state index contributed by atoms with van der Waals surface area (Å²) < 4.78 is 0. The van der Waals surface area contributed by atoms with E-state index in [2.05, 4.69) is 69.5 Å². The second-order valence-electron chi connectivity index (χ2n) is 9.46. The predicted octanol–water partition coefficient (Wildman–Crippen LogP) is 4.74. The van der Waals surface area contributed by atoms with Gasteiger partial charge in [0.1, 0.15) is 0 Å². The first-order chi connectivity index (χ1) is 13.6. The summed E-state index contributed by atoms with van der Waals surface area (Å²) in [6.07, 6.45) is 1.15. The zero-order valence-electron chi connectivity index (χ0n) is 18.5. The van der Waals surface area contributed by atoms with Crippen molar-refractivity contribution in [3.63, 3.8) is 0 Å². The first kappa shape index (κ1) is 21.2. The van der Waals surface area contributed by atoms with E-state index < -0.39 is 5.97 Å². The Labute approximate surface area is 175 Å². The highest BCUT2D eigenvalue weighted by atomic mass is 16.4. The molecule has 2 aromatic rings. The summed E-state index contributed by atoms with van der Waals surface area (Å²) in [6, 6.07) is 14.2. The largest absolute Gasteiger partial charge is 0.545 e. The molecule has 29 heavy (non-hydrogen) atoms. The lowest BCUT2D eigenvalue weighted by atomic mass is 9.77. The molecule has 1 heterocycles. The maximum absolute atomic E-state index is 11.1. The van der Waals surface area contributed by atoms with Crippen molar-refractivity contribution >= 4 is 23.0 Å². The van der Waals surface area contributed by atoms with E-state index in [4.69, 9.17) is 0 Å². The Hall–Kier alpha value is -2.49. The summed E-state index contributed by atoms with van der Waals surface area (Å²) in [5.41, 5.74) is 5.22. The van der Waals surface area contributed by atoms with Crippen molar-refractivity contribution in [1.82, 2.24) is 0 Å². The highest BCUT2D eigenvalue weighted by Gasteiger charge is 2.32. The number of carboxylic acid groups (broad SMARTS) is 1. The van der Waals surface area contributed by atoms with Crippen LogP contribution < -0.4 is 14.9 Å². The summed E-state index contributed by atoms with van der Waals surface area (Å²) in [5.74, 6) is -0.681. The summed E-state index contributed by atoms with van der Waals surface area (Å²) in [6.45, 7) is 15.5. The average Bonchev–Trinajstić information content (AvgIpc) is 2.65. The standard InChI is InChI=1S/C25H34N2O2/c1-17(2)16-27(20-9-7-19(8-10-20)24(28)29)21-11-12-22-23(15-21)26(18(3)4)14-13-25(22,5)6/h7-12,15,17-18H,13-14,16H2,1-6H3,(H,28,29)/p-1. The fourth-order valence-electron chi connectivity index (χ4n) is 4.19. The maximum atomic E-state index is 11.1. The number of fused-ring (bicyclic) bond motifs is 1. The number of hydrogen-bond acceptors (Lipinski definition) is 4. The van der Waals surface area contributed by atoms with E-state index in [0.29, 0.717) is 12.0 Å². The molecule has 1 aliphatic heterocycles. The number of nitrogens with zero attached hydrogens (tertiary/aromatic N) is 2. The monoisotopic (exact) mass is 393 g/mol. The van der Waals surface area contributed by atoms with Gasteiger partial charge >= 0.3 is 0 Å². The van der Waals surface area contributed by atoms with Crippen molar-refractivity contribution in [3.8, 4) is 0 Å². The molecule has 0 bridgehead atoms. The van der Waals surface area contributed by atoms with Gasteiger partial charge in [-0.25, -0.2) is 0 Å². The van der Waals surface area contributed by atoms with E-state index in [9.17, 15) is 9.90 Å². The van der Waals surface area contributed by atoms with Crippen molar-refractivity contribution in [3.05, 3.63) is 53.6 Å². The molecule has 3 rings (SSSR count). The van der Waals surface area contributed by atoms with Gasteiger partial charge in [0.25, 0.3) is 0 Å². The molecule has 0 atom stereocenters. The minimum atomic E-state index is -1.14. The van der Waals surface area contributed by atoms with E-state index >= 15 is 0 Å². The smallest absolute Gasteiger partial charge is 0.0715 e. The summed E-state index contributed by atoms with van der Waals surface area (Å²) in [5, 5.41) is 11.1. The molecule has 0 saturated carbocycles. The molecule has 0 aromatic heterocycles. The van der Waals surface area contributed by atoms with Gasteiger partial charge in [0, 0.05) is 36.2 Å². The lowest BCUT2D eigenvalue weighted by Gasteiger charge is -2.43. The third kappa shape index (κ3) is 4.42. The van der Waals surface area contributed by atoms with Gasteiger partial charge in [-0.3, -0.25) is 0 Å². The van der Waals surface area contributed by atoms with Crippen LogP contribution in [0.2, 0.25) is 0 Å². The minimum Gasteiger partial charge on any atom is -0.545 e. The molecule has 0 radical (unpaired) electrons. The Balaban J connectivity index is 2.07. The van der Waals surface area contributed by atoms with Crippen molar-refractivity contribution in [2.24, 2.45) is 5.92 Å². The first-order valence-electron chi connectivity index (χ1n) is 10.6. The van der Waals surface area contributed by atoms with Crippen molar-refractivity contribution in [2.75, 3.05) is 22.9 Å². The van der Waals surface area contributed by atoms with Gasteiger partial charge in [0.05, 0.1) is 5.97 Å². The molecule has 0 spiro atoms. The van der Waals surface area contributed by atoms with Gasteiger partial charge in [-0.15, -0.1) is 0 Å².